The van der Waals surface area contributed by atoms with Crippen LogP contribution in [0.2, 0.25) is 0 Å². The van der Waals surface area contributed by atoms with Gasteiger partial charge >= 0.3 is 5.97 Å². The zero-order valence-corrected chi connectivity index (χ0v) is 11.1. The Bertz CT molecular complexity index is 207. The third kappa shape index (κ3) is 7.94. The van der Waals surface area contributed by atoms with E-state index in [1.165, 1.54) is 0 Å². The molecule has 102 valence electrons. The first-order valence-electron chi connectivity index (χ1n) is 6.11. The Balaban J connectivity index is 0. The first-order chi connectivity index (χ1) is 7.90. The van der Waals surface area contributed by atoms with Crippen molar-refractivity contribution in [3.8, 4) is 0 Å². The van der Waals surface area contributed by atoms with Crippen LogP contribution < -0.4 is 0 Å². The zero-order valence-electron chi connectivity index (χ0n) is 11.1. The number of aliphatic hydroxyl groups is 2. The first-order valence-corrected chi connectivity index (χ1v) is 6.11. The van der Waals surface area contributed by atoms with Gasteiger partial charge in [0.15, 0.2) is 6.29 Å². The molecule has 0 atom stereocenters. The van der Waals surface area contributed by atoms with Gasteiger partial charge in [-0.3, -0.25) is 0 Å². The van der Waals surface area contributed by atoms with E-state index >= 15 is 0 Å². The van der Waals surface area contributed by atoms with Crippen LogP contribution >= 0.6 is 0 Å². The molecule has 3 N–H and O–H groups in total. The molecule has 0 spiro atoms. The molecule has 0 rings (SSSR count). The number of aliphatic carboxylic acids is 1. The van der Waals surface area contributed by atoms with Crippen molar-refractivity contribution in [2.24, 2.45) is 5.41 Å². The molecule has 0 heterocycles. The summed E-state index contributed by atoms with van der Waals surface area (Å²) in [5.74, 6) is -0.981. The quantitative estimate of drug-likeness (QED) is 0.476. The number of aliphatic hydroxyl groups excluding tert-OH is 1. The summed E-state index contributed by atoms with van der Waals surface area (Å²) in [7, 11) is 0. The lowest BCUT2D eigenvalue weighted by Crippen LogP contribution is -2.33. The summed E-state index contributed by atoms with van der Waals surface area (Å²) in [4.78, 5) is 9.25. The summed E-state index contributed by atoms with van der Waals surface area (Å²) in [5.41, 5.74) is -0.254. The van der Waals surface area contributed by atoms with Crippen LogP contribution in [-0.2, 0) is 4.79 Å². The van der Waals surface area contributed by atoms with E-state index in [0.29, 0.717) is 0 Å². The minimum absolute atomic E-state index is 0.254. The van der Waals surface area contributed by atoms with Gasteiger partial charge in [0.25, 0.3) is 0 Å². The van der Waals surface area contributed by atoms with Crippen molar-refractivity contribution >= 4 is 5.97 Å². The van der Waals surface area contributed by atoms with Crippen molar-refractivity contribution in [1.82, 2.24) is 0 Å². The van der Waals surface area contributed by atoms with Gasteiger partial charge in [0.05, 0.1) is 0 Å². The highest BCUT2D eigenvalue weighted by atomic mass is 16.5. The number of carboxylic acid groups (broad SMARTS) is 1. The summed E-state index contributed by atoms with van der Waals surface area (Å²) < 4.78 is 0. The van der Waals surface area contributed by atoms with Crippen LogP contribution in [0, 0.1) is 5.41 Å². The van der Waals surface area contributed by atoms with Crippen molar-refractivity contribution in [2.45, 2.75) is 59.2 Å². The summed E-state index contributed by atoms with van der Waals surface area (Å²) in [6, 6.07) is 0. The van der Waals surface area contributed by atoms with Gasteiger partial charge in [-0.05, 0) is 19.3 Å². The molecular formula is C13H26O4. The third-order valence-electron chi connectivity index (χ3n) is 3.16. The summed E-state index contributed by atoms with van der Waals surface area (Å²) in [5, 5.41) is 26.1. The van der Waals surface area contributed by atoms with Gasteiger partial charge in [-0.2, -0.15) is 0 Å². The highest BCUT2D eigenvalue weighted by molar-refractivity contribution is 5.78. The van der Waals surface area contributed by atoms with E-state index < -0.39 is 12.3 Å². The molecule has 0 bridgehead atoms. The number of hydrogen-bond donors (Lipinski definition) is 3. The van der Waals surface area contributed by atoms with E-state index in [2.05, 4.69) is 13.5 Å². The molecule has 0 aromatic heterocycles. The molecule has 0 saturated heterocycles. The number of unbranched alkanes of at least 4 members (excludes halogenated alkanes) is 1. The van der Waals surface area contributed by atoms with Gasteiger partial charge in [-0.15, -0.1) is 0 Å². The minimum Gasteiger partial charge on any atom is -0.478 e. The largest absolute Gasteiger partial charge is 0.478 e. The fraction of sp³-hybridized carbons (Fsp3) is 0.769. The Morgan fingerprint density at radius 3 is 1.88 bits per heavy atom. The molecular weight excluding hydrogens is 220 g/mol. The lowest BCUT2D eigenvalue weighted by atomic mass is 9.77. The van der Waals surface area contributed by atoms with Gasteiger partial charge in [0.1, 0.15) is 0 Å². The third-order valence-corrected chi connectivity index (χ3v) is 3.16. The van der Waals surface area contributed by atoms with Crippen LogP contribution in [0.3, 0.4) is 0 Å². The molecule has 0 aromatic rings. The van der Waals surface area contributed by atoms with E-state index in [9.17, 15) is 15.0 Å². The van der Waals surface area contributed by atoms with Crippen LogP contribution in [0.15, 0.2) is 12.7 Å². The van der Waals surface area contributed by atoms with Crippen molar-refractivity contribution < 1.29 is 20.1 Å². The predicted molar refractivity (Wildman–Crippen MR) is 68.6 cm³/mol. The zero-order chi connectivity index (χ0) is 13.9. The standard InChI is InChI=1S/C10H22O2.C3H4O2/c1-4-7-8-10(5-2,6-3)9(11)12;1-2-3(4)5/h9,11-12H,4-8H2,1-3H3;2H,1H2,(H,4,5). The van der Waals surface area contributed by atoms with Crippen LogP contribution in [0.25, 0.3) is 0 Å². The van der Waals surface area contributed by atoms with E-state index in [0.717, 1.165) is 38.2 Å². The highest BCUT2D eigenvalue weighted by Crippen LogP contribution is 2.35. The maximum absolute atomic E-state index is 9.25. The lowest BCUT2D eigenvalue weighted by molar-refractivity contribution is -0.142. The smallest absolute Gasteiger partial charge is 0.327 e. The van der Waals surface area contributed by atoms with Gasteiger partial charge in [0.2, 0.25) is 0 Å². The highest BCUT2D eigenvalue weighted by Gasteiger charge is 2.32. The molecule has 0 radical (unpaired) electrons. The fourth-order valence-electron chi connectivity index (χ4n) is 1.63. The Morgan fingerprint density at radius 1 is 1.29 bits per heavy atom. The Hall–Kier alpha value is -0.870. The molecule has 0 aliphatic heterocycles. The van der Waals surface area contributed by atoms with Crippen molar-refractivity contribution in [1.29, 1.82) is 0 Å². The maximum Gasteiger partial charge on any atom is 0.327 e. The molecule has 0 amide bonds. The van der Waals surface area contributed by atoms with Gasteiger partial charge < -0.3 is 15.3 Å². The van der Waals surface area contributed by atoms with E-state index in [-0.39, 0.29) is 5.41 Å². The number of rotatable bonds is 7. The Kier molecular flexibility index (Phi) is 11.2. The molecule has 0 fully saturated rings. The van der Waals surface area contributed by atoms with Crippen LogP contribution in [0.4, 0.5) is 0 Å². The molecule has 4 nitrogen and oxygen atoms in total. The summed E-state index contributed by atoms with van der Waals surface area (Å²) in [6.45, 7) is 9.14. The lowest BCUT2D eigenvalue weighted by Gasteiger charge is -2.33. The van der Waals surface area contributed by atoms with Crippen molar-refractivity contribution in [2.75, 3.05) is 0 Å². The second-order valence-corrected chi connectivity index (χ2v) is 4.09. The summed E-state index contributed by atoms with van der Waals surface area (Å²) in [6.07, 6.45) is 4.50. The van der Waals surface area contributed by atoms with E-state index in [1.54, 1.807) is 0 Å². The topological polar surface area (TPSA) is 77.8 Å². The average Bonchev–Trinajstić information content (AvgIpc) is 2.31. The van der Waals surface area contributed by atoms with E-state index in [1.807, 2.05) is 13.8 Å². The molecule has 0 unspecified atom stereocenters. The molecule has 0 saturated carbocycles. The molecule has 0 aliphatic rings. The SMILES string of the molecule is C=CC(=O)O.CCCCC(CC)(CC)C(O)O. The predicted octanol–water partition coefficient (Wildman–Crippen LogP) is 2.55. The molecule has 0 aliphatic carbocycles. The van der Waals surface area contributed by atoms with Gasteiger partial charge in [-0.1, -0.05) is 40.2 Å². The molecule has 4 heteroatoms. The van der Waals surface area contributed by atoms with E-state index in [4.69, 9.17) is 5.11 Å². The normalized spacial score (nSPS) is 10.7. The number of hydrogen-bond acceptors (Lipinski definition) is 3. The first kappa shape index (κ1) is 18.5. The van der Waals surface area contributed by atoms with Crippen molar-refractivity contribution in [3.05, 3.63) is 12.7 Å². The number of carbonyl (C=O) groups is 1. The summed E-state index contributed by atoms with van der Waals surface area (Å²) >= 11 is 0. The van der Waals surface area contributed by atoms with Gasteiger partial charge in [-0.25, -0.2) is 4.79 Å². The second-order valence-electron chi connectivity index (χ2n) is 4.09. The Morgan fingerprint density at radius 2 is 1.71 bits per heavy atom. The van der Waals surface area contributed by atoms with Crippen molar-refractivity contribution in [3.63, 3.8) is 0 Å². The van der Waals surface area contributed by atoms with Crippen LogP contribution in [-0.4, -0.2) is 27.6 Å². The molecule has 17 heavy (non-hydrogen) atoms. The van der Waals surface area contributed by atoms with Gasteiger partial charge in [0, 0.05) is 11.5 Å². The second kappa shape index (κ2) is 10.3. The fourth-order valence-corrected chi connectivity index (χ4v) is 1.63. The maximum atomic E-state index is 9.25. The van der Waals surface area contributed by atoms with Crippen LogP contribution in [0.1, 0.15) is 52.9 Å². The monoisotopic (exact) mass is 246 g/mol. The minimum atomic E-state index is -1.15. The number of carboxylic acids is 1. The average molecular weight is 246 g/mol. The molecule has 0 aromatic carbocycles. The Labute approximate surface area is 104 Å². The van der Waals surface area contributed by atoms with Crippen LogP contribution in [0.5, 0.6) is 0 Å².